The number of aryl methyl sites for hydroxylation is 4. The molecule has 1 aromatic heterocycles. The van der Waals surface area contributed by atoms with E-state index in [1.165, 1.54) is 4.57 Å². The third kappa shape index (κ3) is 6.32. The molecular formula is C31H39N7O6. The fourth-order valence-electron chi connectivity index (χ4n) is 5.38. The first-order chi connectivity index (χ1) is 21.0. The molecule has 0 saturated carbocycles. The summed E-state index contributed by atoms with van der Waals surface area (Å²) < 4.78 is 19.2. The van der Waals surface area contributed by atoms with Crippen molar-refractivity contribution in [3.8, 4) is 22.8 Å². The van der Waals surface area contributed by atoms with Gasteiger partial charge in [-0.2, -0.15) is 0 Å². The first kappa shape index (κ1) is 31.9. The van der Waals surface area contributed by atoms with Gasteiger partial charge >= 0.3 is 11.7 Å². The van der Waals surface area contributed by atoms with Gasteiger partial charge in [0.1, 0.15) is 11.2 Å². The molecule has 13 heteroatoms. The summed E-state index contributed by atoms with van der Waals surface area (Å²) in [5.74, 6) is 4.92. The van der Waals surface area contributed by atoms with Crippen molar-refractivity contribution >= 4 is 17.6 Å². The van der Waals surface area contributed by atoms with Crippen LogP contribution in [0.5, 0.6) is 11.5 Å². The number of hydrogen-bond donors (Lipinski definition) is 4. The maximum absolute atomic E-state index is 14.1. The van der Waals surface area contributed by atoms with Gasteiger partial charge in [0.05, 0.1) is 32.2 Å². The molecule has 0 radical (unpaired) electrons. The molecule has 2 aromatic carbocycles. The van der Waals surface area contributed by atoms with Crippen molar-refractivity contribution in [1.82, 2.24) is 19.9 Å². The number of amides is 1. The summed E-state index contributed by atoms with van der Waals surface area (Å²) >= 11 is 0. The SMILES string of the molecule is CCOc1cc2c(cc1OC)-c1c/c(=N\c3c(C)cc(C)cc3C)n(CCNC(=O)/C(N)=C(/NN)C(=O)OC)c(=O)n1CC2. The van der Waals surface area contributed by atoms with Crippen molar-refractivity contribution < 1.29 is 23.8 Å². The number of ether oxygens (including phenoxy) is 3. The average Bonchev–Trinajstić information content (AvgIpc) is 2.99. The molecule has 1 amide bonds. The van der Waals surface area contributed by atoms with Gasteiger partial charge in [0.25, 0.3) is 5.91 Å². The minimum Gasteiger partial charge on any atom is -0.493 e. The highest BCUT2D eigenvalue weighted by Crippen LogP contribution is 2.37. The van der Waals surface area contributed by atoms with E-state index in [4.69, 9.17) is 26.0 Å². The lowest BCUT2D eigenvalue weighted by atomic mass is 9.97. The molecule has 6 N–H and O–H groups in total. The van der Waals surface area contributed by atoms with Gasteiger partial charge in [0.15, 0.2) is 17.2 Å². The highest BCUT2D eigenvalue weighted by atomic mass is 16.5. The number of hydrazine groups is 1. The molecule has 0 saturated heterocycles. The highest BCUT2D eigenvalue weighted by Gasteiger charge is 2.23. The van der Waals surface area contributed by atoms with Crippen molar-refractivity contribution in [3.63, 3.8) is 0 Å². The van der Waals surface area contributed by atoms with Crippen LogP contribution in [0.4, 0.5) is 5.69 Å². The minimum atomic E-state index is -0.891. The Bertz CT molecular complexity index is 1750. The Kier molecular flexibility index (Phi) is 9.79. The van der Waals surface area contributed by atoms with Gasteiger partial charge in [0, 0.05) is 31.3 Å². The number of carbonyl (C=O) groups excluding carboxylic acids is 2. The third-order valence-corrected chi connectivity index (χ3v) is 7.40. The molecule has 0 spiro atoms. The summed E-state index contributed by atoms with van der Waals surface area (Å²) in [5.41, 5.74) is 13.6. The predicted molar refractivity (Wildman–Crippen MR) is 165 cm³/mol. The van der Waals surface area contributed by atoms with Crippen LogP contribution in [-0.2, 0) is 33.8 Å². The van der Waals surface area contributed by atoms with Gasteiger partial charge in [-0.3, -0.25) is 19.8 Å². The smallest absolute Gasteiger partial charge is 0.357 e. The number of nitrogens with two attached hydrogens (primary N) is 2. The lowest BCUT2D eigenvalue weighted by Gasteiger charge is -2.25. The predicted octanol–water partition coefficient (Wildman–Crippen LogP) is 1.36. The number of esters is 1. The van der Waals surface area contributed by atoms with E-state index in [1.807, 2.05) is 58.0 Å². The topological polar surface area (TPSA) is 177 Å². The number of fused-ring (bicyclic) bond motifs is 3. The van der Waals surface area contributed by atoms with Gasteiger partial charge in [-0.15, -0.1) is 0 Å². The fraction of sp³-hybridized carbons (Fsp3) is 0.355. The van der Waals surface area contributed by atoms with Crippen LogP contribution in [0.25, 0.3) is 11.3 Å². The van der Waals surface area contributed by atoms with E-state index in [1.54, 1.807) is 11.7 Å². The van der Waals surface area contributed by atoms with E-state index in [-0.39, 0.29) is 24.5 Å². The number of nitrogens with one attached hydrogen (secondary N) is 2. The second-order valence-corrected chi connectivity index (χ2v) is 10.4. The van der Waals surface area contributed by atoms with Crippen molar-refractivity contribution in [1.29, 1.82) is 0 Å². The molecule has 0 fully saturated rings. The largest absolute Gasteiger partial charge is 0.493 e. The van der Waals surface area contributed by atoms with E-state index in [9.17, 15) is 14.4 Å². The number of rotatable bonds is 10. The first-order valence-corrected chi connectivity index (χ1v) is 14.2. The maximum Gasteiger partial charge on any atom is 0.357 e. The Morgan fingerprint density at radius 1 is 1.05 bits per heavy atom. The lowest BCUT2D eigenvalue weighted by molar-refractivity contribution is -0.137. The van der Waals surface area contributed by atoms with Crippen LogP contribution in [-0.4, -0.2) is 48.4 Å². The molecule has 44 heavy (non-hydrogen) atoms. The van der Waals surface area contributed by atoms with E-state index >= 15 is 0 Å². The molecule has 234 valence electrons. The maximum atomic E-state index is 14.1. The zero-order valence-corrected chi connectivity index (χ0v) is 25.9. The number of nitrogens with zero attached hydrogens (tertiary/aromatic N) is 3. The lowest BCUT2D eigenvalue weighted by Crippen LogP contribution is -2.45. The second kappa shape index (κ2) is 13.5. The van der Waals surface area contributed by atoms with Crippen molar-refractivity contribution in [3.05, 3.63) is 80.0 Å². The molecule has 0 bridgehead atoms. The van der Waals surface area contributed by atoms with E-state index < -0.39 is 17.6 Å². The summed E-state index contributed by atoms with van der Waals surface area (Å²) in [6.45, 7) is 8.90. The number of carbonyl (C=O) groups is 2. The van der Waals surface area contributed by atoms with Crippen LogP contribution < -0.4 is 43.0 Å². The highest BCUT2D eigenvalue weighted by molar-refractivity contribution is 6.01. The summed E-state index contributed by atoms with van der Waals surface area (Å²) in [6, 6.07) is 9.81. The Morgan fingerprint density at radius 2 is 1.75 bits per heavy atom. The monoisotopic (exact) mass is 605 g/mol. The Morgan fingerprint density at radius 3 is 2.36 bits per heavy atom. The van der Waals surface area contributed by atoms with Gasteiger partial charge in [-0.1, -0.05) is 17.7 Å². The van der Waals surface area contributed by atoms with Crippen molar-refractivity contribution in [2.24, 2.45) is 16.6 Å². The number of benzene rings is 2. The zero-order chi connectivity index (χ0) is 32.1. The van der Waals surface area contributed by atoms with Crippen LogP contribution in [0, 0.1) is 20.8 Å². The zero-order valence-electron chi connectivity index (χ0n) is 25.9. The Labute approximate surface area is 255 Å². The van der Waals surface area contributed by atoms with E-state index in [0.717, 1.165) is 40.6 Å². The summed E-state index contributed by atoms with van der Waals surface area (Å²) in [7, 11) is 2.72. The molecule has 1 aliphatic rings. The fourth-order valence-corrected chi connectivity index (χ4v) is 5.38. The number of aromatic nitrogens is 2. The van der Waals surface area contributed by atoms with Gasteiger partial charge in [0.2, 0.25) is 0 Å². The second-order valence-electron chi connectivity index (χ2n) is 10.4. The molecule has 4 rings (SSSR count). The molecule has 2 heterocycles. The standard InChI is InChI=1S/C31H39N7O6/c1-7-44-24-14-20-8-10-37-22(21(20)15-23(24)42-5)16-25(35-27-18(3)12-17(2)13-19(27)4)38(31(37)41)11-9-34-29(39)26(32)28(36-33)30(40)43-6/h12-16,36H,7-11,32-33H2,1-6H3,(H,34,39)/b28-26-,35-25+. The minimum absolute atomic E-state index is 0.00825. The first-order valence-electron chi connectivity index (χ1n) is 14.2. The normalized spacial score (nSPS) is 12.9. The van der Waals surface area contributed by atoms with Crippen LogP contribution in [0.2, 0.25) is 0 Å². The van der Waals surface area contributed by atoms with Crippen molar-refractivity contribution in [2.75, 3.05) is 27.4 Å². The molecule has 13 nitrogen and oxygen atoms in total. The number of hydrogen-bond acceptors (Lipinski definition) is 10. The van der Waals surface area contributed by atoms with E-state index in [2.05, 4.69) is 15.5 Å². The molecule has 3 aromatic rings. The van der Waals surface area contributed by atoms with Gasteiger partial charge in [-0.05, 0) is 62.9 Å². The van der Waals surface area contributed by atoms with Crippen LogP contribution in [0.3, 0.4) is 0 Å². The Balaban J connectivity index is 1.84. The molecule has 0 aliphatic carbocycles. The molecule has 0 unspecified atom stereocenters. The van der Waals surface area contributed by atoms with Crippen LogP contribution in [0.15, 0.2) is 51.5 Å². The summed E-state index contributed by atoms with van der Waals surface area (Å²) in [6.07, 6.45) is 0.611. The number of methoxy groups -OCH3 is 2. The molecule has 0 atom stereocenters. The van der Waals surface area contributed by atoms with Gasteiger partial charge in [-0.25, -0.2) is 14.6 Å². The van der Waals surface area contributed by atoms with Crippen molar-refractivity contribution in [2.45, 2.75) is 47.2 Å². The van der Waals surface area contributed by atoms with Gasteiger partial charge < -0.3 is 30.7 Å². The average molecular weight is 606 g/mol. The summed E-state index contributed by atoms with van der Waals surface area (Å²) in [5, 5.41) is 2.64. The van der Waals surface area contributed by atoms with E-state index in [0.29, 0.717) is 42.3 Å². The summed E-state index contributed by atoms with van der Waals surface area (Å²) in [4.78, 5) is 43.6. The molecular weight excluding hydrogens is 566 g/mol. The van der Waals surface area contributed by atoms with Crippen LogP contribution in [0.1, 0.15) is 29.2 Å². The quantitative estimate of drug-likeness (QED) is 0.115. The molecule has 1 aliphatic heterocycles. The van der Waals surface area contributed by atoms with Crippen LogP contribution >= 0.6 is 0 Å². The Hall–Kier alpha value is -5.04. The third-order valence-electron chi connectivity index (χ3n) is 7.40.